The van der Waals surface area contributed by atoms with Gasteiger partial charge in [0, 0.05) is 22.9 Å². The maximum atomic E-state index is 12.5. The molecule has 27 heavy (non-hydrogen) atoms. The molecule has 0 spiro atoms. The van der Waals surface area contributed by atoms with E-state index >= 15 is 0 Å². The van der Waals surface area contributed by atoms with Crippen LogP contribution in [0.25, 0.3) is 22.0 Å². The summed E-state index contributed by atoms with van der Waals surface area (Å²) in [4.78, 5) is 12.5. The summed E-state index contributed by atoms with van der Waals surface area (Å²) in [5.41, 5.74) is 2.99. The Morgan fingerprint density at radius 3 is 2.33 bits per heavy atom. The number of nitrogens with one attached hydrogen (secondary N) is 1. The fraction of sp³-hybridized carbons (Fsp3) is 0.0455. The van der Waals surface area contributed by atoms with Crippen LogP contribution in [0.15, 0.2) is 78.9 Å². The van der Waals surface area contributed by atoms with Gasteiger partial charge in [-0.15, -0.1) is 10.2 Å². The second-order valence-electron chi connectivity index (χ2n) is 6.05. The lowest BCUT2D eigenvalue weighted by atomic mass is 10.1. The molecule has 1 N–H and O–H groups in total. The van der Waals surface area contributed by atoms with E-state index in [0.717, 1.165) is 27.7 Å². The molecule has 1 heterocycles. The van der Waals surface area contributed by atoms with E-state index in [9.17, 15) is 4.79 Å². The number of amides is 1. The number of methoxy groups -OCH3 is 1. The van der Waals surface area contributed by atoms with E-state index in [-0.39, 0.29) is 5.91 Å². The molecule has 0 saturated heterocycles. The van der Waals surface area contributed by atoms with Crippen molar-refractivity contribution in [1.29, 1.82) is 0 Å². The van der Waals surface area contributed by atoms with Gasteiger partial charge in [-0.1, -0.05) is 42.5 Å². The van der Waals surface area contributed by atoms with Crippen LogP contribution in [0, 0.1) is 0 Å². The van der Waals surface area contributed by atoms with Crippen molar-refractivity contribution >= 4 is 22.4 Å². The average Bonchev–Trinajstić information content (AvgIpc) is 2.74. The number of nitrogens with zero attached hydrogens (tertiary/aromatic N) is 2. The number of carbonyl (C=O) groups excluding carboxylic acids is 1. The molecule has 5 heteroatoms. The second kappa shape index (κ2) is 7.25. The lowest BCUT2D eigenvalue weighted by molar-refractivity contribution is 0.102. The summed E-state index contributed by atoms with van der Waals surface area (Å²) < 4.78 is 5.02. The van der Waals surface area contributed by atoms with Crippen molar-refractivity contribution in [1.82, 2.24) is 10.2 Å². The molecule has 0 aliphatic carbocycles. The SMILES string of the molecule is COc1ccc(-c2ccc(NC(=O)c3ccc4ccccc4c3)cc2)nn1. The molecule has 1 aromatic heterocycles. The minimum Gasteiger partial charge on any atom is -0.480 e. The summed E-state index contributed by atoms with van der Waals surface area (Å²) in [5.74, 6) is 0.329. The van der Waals surface area contributed by atoms with Crippen molar-refractivity contribution in [2.24, 2.45) is 0 Å². The molecule has 0 unspecified atom stereocenters. The molecule has 0 aliphatic heterocycles. The number of aromatic nitrogens is 2. The van der Waals surface area contributed by atoms with Gasteiger partial charge < -0.3 is 10.1 Å². The van der Waals surface area contributed by atoms with E-state index in [1.165, 1.54) is 0 Å². The maximum absolute atomic E-state index is 12.5. The summed E-state index contributed by atoms with van der Waals surface area (Å²) in [5, 5.41) is 13.2. The number of rotatable bonds is 4. The standard InChI is InChI=1S/C22H17N3O2/c1-27-21-13-12-20(24-25-21)16-8-10-19(11-9-16)23-22(26)18-7-6-15-4-2-3-5-17(15)14-18/h2-14H,1H3,(H,23,26). The fourth-order valence-corrected chi connectivity index (χ4v) is 2.84. The first kappa shape index (κ1) is 16.7. The second-order valence-corrected chi connectivity index (χ2v) is 6.05. The highest BCUT2D eigenvalue weighted by Crippen LogP contribution is 2.21. The molecule has 5 nitrogen and oxygen atoms in total. The van der Waals surface area contributed by atoms with Crippen LogP contribution in [-0.4, -0.2) is 23.2 Å². The molecule has 0 bridgehead atoms. The minimum atomic E-state index is -0.141. The number of ether oxygens (including phenoxy) is 1. The number of carbonyl (C=O) groups is 1. The third kappa shape index (κ3) is 3.62. The minimum absolute atomic E-state index is 0.141. The first-order chi connectivity index (χ1) is 13.2. The van der Waals surface area contributed by atoms with Crippen LogP contribution in [-0.2, 0) is 0 Å². The molecule has 0 saturated carbocycles. The van der Waals surface area contributed by atoms with E-state index in [4.69, 9.17) is 4.74 Å². The van der Waals surface area contributed by atoms with E-state index in [1.807, 2.05) is 72.8 Å². The van der Waals surface area contributed by atoms with Crippen LogP contribution in [0.3, 0.4) is 0 Å². The first-order valence-corrected chi connectivity index (χ1v) is 8.51. The van der Waals surface area contributed by atoms with Crippen LogP contribution in [0.2, 0.25) is 0 Å². The van der Waals surface area contributed by atoms with E-state index < -0.39 is 0 Å². The summed E-state index contributed by atoms with van der Waals surface area (Å²) in [7, 11) is 1.55. The summed E-state index contributed by atoms with van der Waals surface area (Å²) >= 11 is 0. The Balaban J connectivity index is 1.50. The summed E-state index contributed by atoms with van der Waals surface area (Å²) in [6.07, 6.45) is 0. The predicted octanol–water partition coefficient (Wildman–Crippen LogP) is 4.56. The summed E-state index contributed by atoms with van der Waals surface area (Å²) in [6.45, 7) is 0. The molecule has 1 amide bonds. The van der Waals surface area contributed by atoms with Gasteiger partial charge in [-0.2, -0.15) is 0 Å². The van der Waals surface area contributed by atoms with Gasteiger partial charge in [0.15, 0.2) is 0 Å². The molecular formula is C22H17N3O2. The largest absolute Gasteiger partial charge is 0.480 e. The van der Waals surface area contributed by atoms with Gasteiger partial charge in [0.25, 0.3) is 5.91 Å². The zero-order valence-electron chi connectivity index (χ0n) is 14.7. The highest BCUT2D eigenvalue weighted by molar-refractivity contribution is 6.06. The zero-order chi connectivity index (χ0) is 18.6. The molecule has 0 aliphatic rings. The first-order valence-electron chi connectivity index (χ1n) is 8.51. The van der Waals surface area contributed by atoms with E-state index in [0.29, 0.717) is 11.4 Å². The molecule has 0 atom stereocenters. The molecule has 0 radical (unpaired) electrons. The van der Waals surface area contributed by atoms with Gasteiger partial charge >= 0.3 is 0 Å². The number of anilines is 1. The molecular weight excluding hydrogens is 338 g/mol. The van der Waals surface area contributed by atoms with Gasteiger partial charge in [-0.05, 0) is 41.1 Å². The smallest absolute Gasteiger partial charge is 0.255 e. The normalized spacial score (nSPS) is 10.6. The van der Waals surface area contributed by atoms with Crippen LogP contribution in [0.1, 0.15) is 10.4 Å². The van der Waals surface area contributed by atoms with Gasteiger partial charge in [-0.25, -0.2) is 0 Å². The Morgan fingerprint density at radius 2 is 1.63 bits per heavy atom. The fourth-order valence-electron chi connectivity index (χ4n) is 2.84. The van der Waals surface area contributed by atoms with Crippen molar-refractivity contribution in [3.8, 4) is 17.1 Å². The zero-order valence-corrected chi connectivity index (χ0v) is 14.7. The Kier molecular flexibility index (Phi) is 4.49. The van der Waals surface area contributed by atoms with Crippen molar-refractivity contribution < 1.29 is 9.53 Å². The molecule has 4 rings (SSSR count). The van der Waals surface area contributed by atoms with Gasteiger partial charge in [0.1, 0.15) is 0 Å². The van der Waals surface area contributed by atoms with Crippen molar-refractivity contribution in [3.05, 3.63) is 84.4 Å². The lowest BCUT2D eigenvalue weighted by Crippen LogP contribution is -2.11. The lowest BCUT2D eigenvalue weighted by Gasteiger charge is -2.08. The van der Waals surface area contributed by atoms with Crippen LogP contribution in [0.5, 0.6) is 5.88 Å². The van der Waals surface area contributed by atoms with Crippen molar-refractivity contribution in [2.75, 3.05) is 12.4 Å². The summed E-state index contributed by atoms with van der Waals surface area (Å²) in [6, 6.07) is 24.7. The third-order valence-electron chi connectivity index (χ3n) is 4.30. The Morgan fingerprint density at radius 1 is 0.852 bits per heavy atom. The topological polar surface area (TPSA) is 64.1 Å². The van der Waals surface area contributed by atoms with Gasteiger partial charge in [0.2, 0.25) is 5.88 Å². The Hall–Kier alpha value is -3.73. The molecule has 132 valence electrons. The van der Waals surface area contributed by atoms with Crippen LogP contribution < -0.4 is 10.1 Å². The third-order valence-corrected chi connectivity index (χ3v) is 4.30. The quantitative estimate of drug-likeness (QED) is 0.583. The highest BCUT2D eigenvalue weighted by Gasteiger charge is 2.08. The number of hydrogen-bond donors (Lipinski definition) is 1. The van der Waals surface area contributed by atoms with Gasteiger partial charge in [0.05, 0.1) is 12.8 Å². The number of benzene rings is 3. The Bertz CT molecular complexity index is 1090. The molecule has 0 fully saturated rings. The van der Waals surface area contributed by atoms with Crippen LogP contribution >= 0.6 is 0 Å². The highest BCUT2D eigenvalue weighted by atomic mass is 16.5. The maximum Gasteiger partial charge on any atom is 0.255 e. The number of hydrogen-bond acceptors (Lipinski definition) is 4. The van der Waals surface area contributed by atoms with Crippen molar-refractivity contribution in [3.63, 3.8) is 0 Å². The van der Waals surface area contributed by atoms with E-state index in [2.05, 4.69) is 15.5 Å². The van der Waals surface area contributed by atoms with Gasteiger partial charge in [-0.3, -0.25) is 4.79 Å². The van der Waals surface area contributed by atoms with Crippen molar-refractivity contribution in [2.45, 2.75) is 0 Å². The molecule has 3 aromatic carbocycles. The average molecular weight is 355 g/mol. The van der Waals surface area contributed by atoms with Crippen LogP contribution in [0.4, 0.5) is 5.69 Å². The van der Waals surface area contributed by atoms with E-state index in [1.54, 1.807) is 13.2 Å². The Labute approximate surface area is 156 Å². The molecule has 4 aromatic rings. The number of fused-ring (bicyclic) bond motifs is 1. The predicted molar refractivity (Wildman–Crippen MR) is 106 cm³/mol. The monoisotopic (exact) mass is 355 g/mol.